The van der Waals surface area contributed by atoms with Crippen molar-refractivity contribution in [2.75, 3.05) is 28.6 Å². The second-order valence-electron chi connectivity index (χ2n) is 10.7. The van der Waals surface area contributed by atoms with Gasteiger partial charge in [0.25, 0.3) is 15.1 Å². The van der Waals surface area contributed by atoms with Crippen LogP contribution < -0.4 is 14.4 Å². The first-order valence-electron chi connectivity index (χ1n) is 14.6. The molecule has 0 saturated carbocycles. The largest absolute Gasteiger partial charge is 0.417 e. The van der Waals surface area contributed by atoms with Crippen molar-refractivity contribution in [1.82, 2.24) is 0 Å². The quantitative estimate of drug-likeness (QED) is 0.122. The van der Waals surface area contributed by atoms with Crippen molar-refractivity contribution in [1.29, 1.82) is 0 Å². The van der Waals surface area contributed by atoms with Crippen molar-refractivity contribution in [2.24, 2.45) is 0 Å². The zero-order chi connectivity index (χ0) is 32.8. The molecule has 0 bridgehead atoms. The van der Waals surface area contributed by atoms with Crippen LogP contribution in [0.3, 0.4) is 0 Å². The molecule has 6 rings (SSSR count). The van der Waals surface area contributed by atoms with Crippen LogP contribution in [-0.4, -0.2) is 31.8 Å². The number of nitrogens with zero attached hydrogens (tertiary/aromatic N) is 3. The summed E-state index contributed by atoms with van der Waals surface area (Å²) in [4.78, 5) is 3.49. The fraction of sp³-hybridized carbons (Fsp3) is 0.242. The normalized spacial score (nSPS) is 14.9. The minimum atomic E-state index is -4.67. The van der Waals surface area contributed by atoms with Gasteiger partial charge in [0.1, 0.15) is 17.1 Å². The number of hydrogen-bond acceptors (Lipinski definition) is 6. The number of aryl methyl sites for hydroxylation is 1. The van der Waals surface area contributed by atoms with Crippen LogP contribution in [-0.2, 0) is 22.8 Å². The van der Waals surface area contributed by atoms with Crippen LogP contribution in [0.25, 0.3) is 37.5 Å². The Kier molecular flexibility index (Phi) is 8.94. The number of hydrogen-bond donors (Lipinski definition) is 1. The SMILES string of the molecule is CCN1/C(=C\C=C\c2sc3ccc(-c4cccc5sccc45)cc3[n+]2CC)N(CCCS(=O)(=O)O)c2cc(C(F)(F)F)c(Cl)cc21. The molecule has 1 aliphatic heterocycles. The number of anilines is 2. The molecule has 0 spiro atoms. The molecule has 0 saturated heterocycles. The van der Waals surface area contributed by atoms with E-state index in [1.807, 2.05) is 30.1 Å². The van der Waals surface area contributed by atoms with Gasteiger partial charge in [-0.3, -0.25) is 4.55 Å². The average molecular weight is 705 g/mol. The van der Waals surface area contributed by atoms with Gasteiger partial charge in [0.05, 0.1) is 27.7 Å². The third-order valence-electron chi connectivity index (χ3n) is 7.94. The molecule has 240 valence electrons. The fourth-order valence-electron chi connectivity index (χ4n) is 5.93. The summed E-state index contributed by atoms with van der Waals surface area (Å²) in [6, 6.07) is 17.3. The van der Waals surface area contributed by atoms with Crippen LogP contribution in [0.1, 0.15) is 30.8 Å². The highest BCUT2D eigenvalue weighted by atomic mass is 35.5. The number of rotatable bonds is 9. The number of thiazole rings is 1. The van der Waals surface area contributed by atoms with Crippen molar-refractivity contribution in [3.05, 3.63) is 93.5 Å². The predicted octanol–water partition coefficient (Wildman–Crippen LogP) is 9.24. The van der Waals surface area contributed by atoms with Gasteiger partial charge in [-0.05, 0) is 73.2 Å². The van der Waals surface area contributed by atoms with Gasteiger partial charge >= 0.3 is 6.18 Å². The van der Waals surface area contributed by atoms with Crippen LogP contribution in [0.4, 0.5) is 24.5 Å². The Morgan fingerprint density at radius 2 is 1.80 bits per heavy atom. The van der Waals surface area contributed by atoms with E-state index in [-0.39, 0.29) is 18.7 Å². The molecule has 2 aromatic heterocycles. The molecule has 0 aliphatic carbocycles. The summed E-state index contributed by atoms with van der Waals surface area (Å²) in [6.07, 6.45) is 0.984. The molecule has 5 aromatic rings. The van der Waals surface area contributed by atoms with Crippen LogP contribution in [0, 0.1) is 0 Å². The number of alkyl halides is 3. The predicted molar refractivity (Wildman–Crippen MR) is 183 cm³/mol. The van der Waals surface area contributed by atoms with Crippen LogP contribution >= 0.6 is 34.3 Å². The van der Waals surface area contributed by atoms with E-state index >= 15 is 0 Å². The highest BCUT2D eigenvalue weighted by Gasteiger charge is 2.38. The highest BCUT2D eigenvalue weighted by Crippen LogP contribution is 2.47. The number of allylic oxidation sites excluding steroid dienone is 2. The molecule has 3 heterocycles. The molecule has 0 atom stereocenters. The number of thiophene rings is 1. The number of halogens is 4. The maximum atomic E-state index is 13.8. The standard InChI is InChI=1S/C33H29ClF3N3O3S3/c1-3-38-27-20-25(34)24(33(35,36)37)19-26(27)40(15-7-17-46(41,42)43)31(38)10-6-11-32-39(4-2)28-18-21(12-13-30(28)45-32)22-8-5-9-29-23(22)14-16-44-29/h5-6,8-14,16,18-20H,3-4,7,15,17H2,1-2H3/p+1. The van der Waals surface area contributed by atoms with Crippen molar-refractivity contribution >= 4 is 82.1 Å². The lowest BCUT2D eigenvalue weighted by Crippen LogP contribution is -2.33. The first kappa shape index (κ1) is 32.5. The molecule has 13 heteroatoms. The molecule has 46 heavy (non-hydrogen) atoms. The van der Waals surface area contributed by atoms with E-state index in [9.17, 15) is 26.1 Å². The molecule has 1 N–H and O–H groups in total. The smallest absolute Gasteiger partial charge is 0.326 e. The number of fused-ring (bicyclic) bond motifs is 3. The maximum absolute atomic E-state index is 13.8. The van der Waals surface area contributed by atoms with Crippen molar-refractivity contribution in [2.45, 2.75) is 33.0 Å². The molecule has 0 unspecified atom stereocenters. The molecule has 0 amide bonds. The second-order valence-corrected chi connectivity index (χ2v) is 14.7. The zero-order valence-electron chi connectivity index (χ0n) is 24.9. The van der Waals surface area contributed by atoms with E-state index in [0.29, 0.717) is 18.1 Å². The molecule has 0 fully saturated rings. The van der Waals surface area contributed by atoms with Gasteiger partial charge in [0, 0.05) is 35.3 Å². The zero-order valence-corrected chi connectivity index (χ0v) is 28.1. The van der Waals surface area contributed by atoms with Gasteiger partial charge in [0.2, 0.25) is 5.52 Å². The van der Waals surface area contributed by atoms with Crippen LogP contribution in [0.2, 0.25) is 5.02 Å². The number of benzene rings is 3. The summed E-state index contributed by atoms with van der Waals surface area (Å²) in [5.74, 6) is 0.0596. The third-order valence-corrected chi connectivity index (χ3v) is 11.1. The van der Waals surface area contributed by atoms with E-state index in [1.54, 1.807) is 27.6 Å². The lowest BCUT2D eigenvalue weighted by Gasteiger charge is -2.24. The van der Waals surface area contributed by atoms with Gasteiger partial charge in [0.15, 0.2) is 0 Å². The molecule has 6 nitrogen and oxygen atoms in total. The Morgan fingerprint density at radius 3 is 2.52 bits per heavy atom. The number of aromatic nitrogens is 1. The van der Waals surface area contributed by atoms with E-state index in [4.69, 9.17) is 11.6 Å². The van der Waals surface area contributed by atoms with Gasteiger partial charge in [-0.2, -0.15) is 26.2 Å². The maximum Gasteiger partial charge on any atom is 0.417 e. The Bertz CT molecular complexity index is 2120. The summed E-state index contributed by atoms with van der Waals surface area (Å²) in [5, 5.41) is 3.91. The molecular weight excluding hydrogens is 675 g/mol. The summed E-state index contributed by atoms with van der Waals surface area (Å²) >= 11 is 9.45. The second kappa shape index (κ2) is 12.6. The lowest BCUT2D eigenvalue weighted by atomic mass is 10.0. The minimum Gasteiger partial charge on any atom is -0.326 e. The monoisotopic (exact) mass is 704 g/mol. The summed E-state index contributed by atoms with van der Waals surface area (Å²) < 4.78 is 78.1. The molecule has 0 radical (unpaired) electrons. The topological polar surface area (TPSA) is 64.7 Å². The summed E-state index contributed by atoms with van der Waals surface area (Å²) in [6.45, 7) is 5.19. The van der Waals surface area contributed by atoms with Crippen molar-refractivity contribution in [3.8, 4) is 11.1 Å². The van der Waals surface area contributed by atoms with Gasteiger partial charge < -0.3 is 9.80 Å². The average Bonchev–Trinajstić information content (AvgIpc) is 3.69. The van der Waals surface area contributed by atoms with Gasteiger partial charge in [-0.15, -0.1) is 11.3 Å². The third kappa shape index (κ3) is 6.28. The Labute approximate surface area is 278 Å². The minimum absolute atomic E-state index is 0.00838. The fourth-order valence-corrected chi connectivity index (χ4v) is 8.62. The van der Waals surface area contributed by atoms with E-state index in [1.165, 1.54) is 21.7 Å². The van der Waals surface area contributed by atoms with Gasteiger partial charge in [-0.25, -0.2) is 0 Å². The molecule has 1 aliphatic rings. The summed E-state index contributed by atoms with van der Waals surface area (Å²) in [5.41, 5.74) is 3.21. The highest BCUT2D eigenvalue weighted by molar-refractivity contribution is 7.85. The Balaban J connectivity index is 1.38. The molecule has 3 aromatic carbocycles. The Morgan fingerprint density at radius 1 is 1.02 bits per heavy atom. The van der Waals surface area contributed by atoms with Crippen molar-refractivity contribution < 1.29 is 30.7 Å². The lowest BCUT2D eigenvalue weighted by molar-refractivity contribution is -0.665. The first-order chi connectivity index (χ1) is 21.9. The summed E-state index contributed by atoms with van der Waals surface area (Å²) in [7, 11) is -4.25. The van der Waals surface area contributed by atoms with E-state index in [2.05, 4.69) is 59.3 Å². The van der Waals surface area contributed by atoms with Crippen molar-refractivity contribution in [3.63, 3.8) is 0 Å². The molecular formula is C33H30ClF3N3O3S3+. The van der Waals surface area contributed by atoms with E-state index in [0.717, 1.165) is 33.4 Å². The van der Waals surface area contributed by atoms with Crippen LogP contribution in [0.15, 0.2) is 78.0 Å². The Hall–Kier alpha value is -3.42. The van der Waals surface area contributed by atoms with Gasteiger partial charge in [-0.1, -0.05) is 47.2 Å². The first-order valence-corrected chi connectivity index (χ1v) is 18.3. The van der Waals surface area contributed by atoms with Crippen LogP contribution in [0.5, 0.6) is 0 Å². The van der Waals surface area contributed by atoms with E-state index < -0.39 is 32.6 Å².